The Balaban J connectivity index is 1.37. The summed E-state index contributed by atoms with van der Waals surface area (Å²) in [6.07, 6.45) is 0. The van der Waals surface area contributed by atoms with Crippen molar-refractivity contribution in [2.45, 2.75) is 19.6 Å². The minimum absolute atomic E-state index is 0.204. The van der Waals surface area contributed by atoms with Crippen molar-refractivity contribution in [2.75, 3.05) is 0 Å². The molecule has 0 atom stereocenters. The van der Waals surface area contributed by atoms with Crippen LogP contribution in [-0.4, -0.2) is 21.4 Å². The van der Waals surface area contributed by atoms with E-state index in [1.54, 1.807) is 84.9 Å². The Morgan fingerprint density at radius 3 is 1.37 bits per heavy atom. The first kappa shape index (κ1) is 30.6. The molecule has 8 rings (SSSR count). The molecule has 0 saturated heterocycles. The van der Waals surface area contributed by atoms with Crippen LogP contribution < -0.4 is 0 Å². The van der Waals surface area contributed by atoms with Gasteiger partial charge in [-0.05, 0) is 83.4 Å². The summed E-state index contributed by atoms with van der Waals surface area (Å²) in [6.45, 7) is 0. The molecule has 0 N–H and O–H groups in total. The lowest BCUT2D eigenvalue weighted by molar-refractivity contribution is 0.594. The molecule has 1 aromatic heterocycles. The summed E-state index contributed by atoms with van der Waals surface area (Å²) in [5, 5.41) is 2.13. The van der Waals surface area contributed by atoms with E-state index in [0.717, 1.165) is 49.7 Å². The van der Waals surface area contributed by atoms with Gasteiger partial charge in [0.15, 0.2) is 0 Å². The normalized spacial score (nSPS) is 12.0. The van der Waals surface area contributed by atoms with Crippen molar-refractivity contribution < 1.29 is 16.8 Å². The summed E-state index contributed by atoms with van der Waals surface area (Å²) >= 11 is 0. The minimum Gasteiger partial charge on any atom is -0.309 e. The highest BCUT2D eigenvalue weighted by molar-refractivity contribution is 7.91. The molecule has 0 saturated carbocycles. The predicted octanol–water partition coefficient (Wildman–Crippen LogP) is 9.78. The molecule has 0 aliphatic heterocycles. The van der Waals surface area contributed by atoms with Gasteiger partial charge in [0, 0.05) is 22.0 Å². The third-order valence-electron chi connectivity index (χ3n) is 8.89. The fourth-order valence-electron chi connectivity index (χ4n) is 6.52. The first-order valence-corrected chi connectivity index (χ1v) is 18.7. The lowest BCUT2D eigenvalue weighted by Gasteiger charge is -2.17. The number of fused-ring (bicyclic) bond motifs is 3. The highest BCUT2D eigenvalue weighted by Crippen LogP contribution is 2.44. The Hall–Kier alpha value is -5.76. The van der Waals surface area contributed by atoms with E-state index in [0.29, 0.717) is 0 Å². The van der Waals surface area contributed by atoms with Gasteiger partial charge in [0.1, 0.15) is 0 Å². The number of nitrogens with zero attached hydrogens (tertiary/aromatic N) is 1. The zero-order valence-corrected chi connectivity index (χ0v) is 27.8. The van der Waals surface area contributed by atoms with Gasteiger partial charge in [-0.15, -0.1) is 0 Å². The number of para-hydroxylation sites is 2. The monoisotopic (exact) mass is 675 g/mol. The first-order chi connectivity index (χ1) is 23.8. The molecule has 0 aliphatic rings. The van der Waals surface area contributed by atoms with Crippen LogP contribution in [0.25, 0.3) is 49.7 Å². The Morgan fingerprint density at radius 1 is 0.367 bits per heavy atom. The third kappa shape index (κ3) is 5.24. The van der Waals surface area contributed by atoms with Gasteiger partial charge in [0.2, 0.25) is 19.7 Å². The van der Waals surface area contributed by atoms with E-state index in [1.165, 1.54) is 0 Å². The maximum absolute atomic E-state index is 13.5. The van der Waals surface area contributed by atoms with Gasteiger partial charge >= 0.3 is 0 Å². The summed E-state index contributed by atoms with van der Waals surface area (Å²) in [4.78, 5) is 0.886. The Labute approximate surface area is 285 Å². The van der Waals surface area contributed by atoms with Crippen LogP contribution >= 0.6 is 0 Å². The van der Waals surface area contributed by atoms with E-state index in [9.17, 15) is 16.8 Å². The van der Waals surface area contributed by atoms with Crippen molar-refractivity contribution in [2.24, 2.45) is 0 Å². The van der Waals surface area contributed by atoms with Crippen LogP contribution in [0.1, 0.15) is 0 Å². The van der Waals surface area contributed by atoms with Crippen molar-refractivity contribution in [1.82, 2.24) is 4.57 Å². The highest BCUT2D eigenvalue weighted by Gasteiger charge is 2.23. The summed E-state index contributed by atoms with van der Waals surface area (Å²) in [6, 6.07) is 53.4. The van der Waals surface area contributed by atoms with Crippen molar-refractivity contribution >= 4 is 41.5 Å². The van der Waals surface area contributed by atoms with E-state index < -0.39 is 19.7 Å². The molecule has 7 aromatic carbocycles. The fourth-order valence-corrected chi connectivity index (χ4v) is 9.09. The number of benzene rings is 7. The first-order valence-electron chi connectivity index (χ1n) is 15.8. The molecule has 0 aliphatic carbocycles. The van der Waals surface area contributed by atoms with Gasteiger partial charge < -0.3 is 4.57 Å². The molecule has 0 bridgehead atoms. The molecule has 0 fully saturated rings. The molecule has 0 amide bonds. The van der Waals surface area contributed by atoms with Gasteiger partial charge in [-0.1, -0.05) is 109 Å². The molecule has 5 nitrogen and oxygen atoms in total. The third-order valence-corrected chi connectivity index (χ3v) is 12.5. The van der Waals surface area contributed by atoms with Crippen molar-refractivity contribution in [1.29, 1.82) is 0 Å². The summed E-state index contributed by atoms with van der Waals surface area (Å²) in [5.41, 5.74) is 6.43. The molecule has 1 heterocycles. The minimum atomic E-state index is -3.72. The summed E-state index contributed by atoms with van der Waals surface area (Å²) in [7, 11) is -7.42. The second-order valence-corrected chi connectivity index (χ2v) is 15.7. The average molecular weight is 676 g/mol. The topological polar surface area (TPSA) is 73.2 Å². The number of hydrogen-bond donors (Lipinski definition) is 0. The van der Waals surface area contributed by atoms with Gasteiger partial charge in [-0.25, -0.2) is 16.8 Å². The van der Waals surface area contributed by atoms with Crippen LogP contribution in [-0.2, 0) is 19.7 Å². The SMILES string of the molecule is O=S(=O)(c1ccccc1)c1ccc(-c2ccc3c4ccccc4n(-c4ccccc4)c3c2-c2ccc(S(=O)(=O)c3ccccc3)cc2)cc1. The van der Waals surface area contributed by atoms with Crippen LogP contribution in [0.5, 0.6) is 0 Å². The quantitative estimate of drug-likeness (QED) is 0.169. The second-order valence-electron chi connectivity index (χ2n) is 11.8. The van der Waals surface area contributed by atoms with Crippen molar-refractivity contribution in [3.63, 3.8) is 0 Å². The van der Waals surface area contributed by atoms with Crippen molar-refractivity contribution in [3.05, 3.63) is 176 Å². The van der Waals surface area contributed by atoms with E-state index in [2.05, 4.69) is 41.0 Å². The lowest BCUT2D eigenvalue weighted by Crippen LogP contribution is -2.02. The largest absolute Gasteiger partial charge is 0.309 e. The number of aromatic nitrogens is 1. The average Bonchev–Trinajstić information content (AvgIpc) is 3.50. The molecular formula is C42H29NO4S2. The predicted molar refractivity (Wildman–Crippen MR) is 195 cm³/mol. The molecule has 0 unspecified atom stereocenters. The van der Waals surface area contributed by atoms with Crippen LogP contribution in [0.2, 0.25) is 0 Å². The maximum atomic E-state index is 13.5. The van der Waals surface area contributed by atoms with Crippen LogP contribution in [0.4, 0.5) is 0 Å². The Bertz CT molecular complexity index is 2690. The van der Waals surface area contributed by atoms with E-state index in [1.807, 2.05) is 54.6 Å². The van der Waals surface area contributed by atoms with E-state index >= 15 is 0 Å². The lowest BCUT2D eigenvalue weighted by atomic mass is 9.92. The molecule has 8 aromatic rings. The molecule has 7 heteroatoms. The smallest absolute Gasteiger partial charge is 0.206 e. The van der Waals surface area contributed by atoms with Gasteiger partial charge in [-0.2, -0.15) is 0 Å². The van der Waals surface area contributed by atoms with Crippen LogP contribution in [0, 0.1) is 0 Å². The number of rotatable bonds is 7. The zero-order chi connectivity index (χ0) is 33.6. The van der Waals surface area contributed by atoms with Gasteiger partial charge in [0.05, 0.1) is 30.6 Å². The van der Waals surface area contributed by atoms with Crippen LogP contribution in [0.3, 0.4) is 0 Å². The molecular weight excluding hydrogens is 647 g/mol. The molecule has 0 spiro atoms. The second kappa shape index (κ2) is 12.0. The van der Waals surface area contributed by atoms with Crippen molar-refractivity contribution in [3.8, 4) is 27.9 Å². The molecule has 49 heavy (non-hydrogen) atoms. The number of sulfone groups is 2. The van der Waals surface area contributed by atoms with E-state index in [-0.39, 0.29) is 19.6 Å². The summed E-state index contributed by atoms with van der Waals surface area (Å²) < 4.78 is 56.1. The van der Waals surface area contributed by atoms with Crippen LogP contribution in [0.15, 0.2) is 196 Å². The number of hydrogen-bond acceptors (Lipinski definition) is 4. The Kier molecular flexibility index (Phi) is 7.51. The standard InChI is InChI=1S/C42H29NO4S2/c44-48(45,33-14-6-2-7-15-33)35-24-20-30(21-25-35)37-28-29-39-38-18-10-11-19-40(38)43(32-12-4-1-5-13-32)42(39)41(37)31-22-26-36(27-23-31)49(46,47)34-16-8-3-9-17-34/h1-29H. The van der Waals surface area contributed by atoms with E-state index in [4.69, 9.17) is 0 Å². The highest BCUT2D eigenvalue weighted by atomic mass is 32.2. The molecule has 0 radical (unpaired) electrons. The van der Waals surface area contributed by atoms with Gasteiger partial charge in [-0.3, -0.25) is 0 Å². The maximum Gasteiger partial charge on any atom is 0.206 e. The fraction of sp³-hybridized carbons (Fsp3) is 0. The summed E-state index contributed by atoms with van der Waals surface area (Å²) in [5.74, 6) is 0. The van der Waals surface area contributed by atoms with Gasteiger partial charge in [0.25, 0.3) is 0 Å². The Morgan fingerprint density at radius 2 is 0.816 bits per heavy atom. The molecule has 238 valence electrons. The zero-order valence-electron chi connectivity index (χ0n) is 26.1.